The molecule has 0 amide bonds. The first-order chi connectivity index (χ1) is 13.1. The zero-order chi connectivity index (χ0) is 19.5. The molecule has 0 aromatic heterocycles. The molecule has 0 radical (unpaired) electrons. The molecular formula is C22H38N4O. The van der Waals surface area contributed by atoms with Crippen LogP contribution in [0.25, 0.3) is 0 Å². The van der Waals surface area contributed by atoms with Crippen LogP contribution >= 0.6 is 0 Å². The first kappa shape index (κ1) is 21.7. The van der Waals surface area contributed by atoms with Gasteiger partial charge in [0.25, 0.3) is 0 Å². The lowest BCUT2D eigenvalue weighted by Crippen LogP contribution is -2.46. The standard InChI is InChI=1S/C22H38N4O/c1-18(2)26-12-8-11-21(15-26)14-25-22(23-4)24-13-19(3)16-27-17-20-9-6-5-7-10-20/h5-7,9-10,18-19,21H,8,11-17H2,1-4H3,(H2,23,24,25). The molecule has 1 aromatic rings. The predicted molar refractivity (Wildman–Crippen MR) is 114 cm³/mol. The van der Waals surface area contributed by atoms with Gasteiger partial charge in [-0.2, -0.15) is 0 Å². The van der Waals surface area contributed by atoms with Crippen LogP contribution in [0.5, 0.6) is 0 Å². The number of rotatable bonds is 9. The normalized spacial score (nSPS) is 19.9. The van der Waals surface area contributed by atoms with E-state index in [0.29, 0.717) is 24.5 Å². The molecule has 2 N–H and O–H groups in total. The fourth-order valence-electron chi connectivity index (χ4n) is 3.48. The van der Waals surface area contributed by atoms with E-state index in [2.05, 4.69) is 53.4 Å². The number of hydrogen-bond acceptors (Lipinski definition) is 3. The van der Waals surface area contributed by atoms with Crippen molar-refractivity contribution in [3.8, 4) is 0 Å². The summed E-state index contributed by atoms with van der Waals surface area (Å²) in [4.78, 5) is 6.95. The smallest absolute Gasteiger partial charge is 0.190 e. The Morgan fingerprint density at radius 1 is 1.22 bits per heavy atom. The zero-order valence-electron chi connectivity index (χ0n) is 17.6. The van der Waals surface area contributed by atoms with E-state index < -0.39 is 0 Å². The highest BCUT2D eigenvalue weighted by atomic mass is 16.5. The van der Waals surface area contributed by atoms with Crippen molar-refractivity contribution >= 4 is 5.96 Å². The van der Waals surface area contributed by atoms with Crippen molar-refractivity contribution in [1.29, 1.82) is 0 Å². The third kappa shape index (κ3) is 8.31. The summed E-state index contributed by atoms with van der Waals surface area (Å²) in [5.41, 5.74) is 1.22. The molecule has 1 heterocycles. The van der Waals surface area contributed by atoms with Gasteiger partial charge in [-0.3, -0.25) is 4.99 Å². The number of likely N-dealkylation sites (tertiary alicyclic amines) is 1. The van der Waals surface area contributed by atoms with E-state index in [1.165, 1.54) is 31.5 Å². The monoisotopic (exact) mass is 374 g/mol. The largest absolute Gasteiger partial charge is 0.376 e. The van der Waals surface area contributed by atoms with Crippen molar-refractivity contribution in [2.45, 2.75) is 46.3 Å². The van der Waals surface area contributed by atoms with Crippen LogP contribution in [-0.4, -0.2) is 56.7 Å². The van der Waals surface area contributed by atoms with Gasteiger partial charge in [-0.1, -0.05) is 37.3 Å². The van der Waals surface area contributed by atoms with Crippen LogP contribution in [-0.2, 0) is 11.3 Å². The number of aliphatic imine (C=N–C) groups is 1. The molecule has 1 aromatic carbocycles. The molecule has 2 unspecified atom stereocenters. The molecule has 0 spiro atoms. The van der Waals surface area contributed by atoms with Crippen LogP contribution < -0.4 is 10.6 Å². The van der Waals surface area contributed by atoms with E-state index >= 15 is 0 Å². The van der Waals surface area contributed by atoms with Crippen molar-refractivity contribution in [1.82, 2.24) is 15.5 Å². The second-order valence-electron chi connectivity index (χ2n) is 8.04. The van der Waals surface area contributed by atoms with Crippen LogP contribution in [0.2, 0.25) is 0 Å². The number of nitrogens with one attached hydrogen (secondary N) is 2. The zero-order valence-corrected chi connectivity index (χ0v) is 17.6. The summed E-state index contributed by atoms with van der Waals surface area (Å²) in [6.45, 7) is 12.5. The van der Waals surface area contributed by atoms with Gasteiger partial charge in [-0.05, 0) is 50.6 Å². The second-order valence-corrected chi connectivity index (χ2v) is 8.04. The van der Waals surface area contributed by atoms with Crippen molar-refractivity contribution in [3.05, 3.63) is 35.9 Å². The van der Waals surface area contributed by atoms with Gasteiger partial charge in [0.1, 0.15) is 0 Å². The molecule has 27 heavy (non-hydrogen) atoms. The van der Waals surface area contributed by atoms with Crippen molar-refractivity contribution in [2.75, 3.05) is 39.8 Å². The summed E-state index contributed by atoms with van der Waals surface area (Å²) >= 11 is 0. The highest BCUT2D eigenvalue weighted by Gasteiger charge is 2.21. The number of benzene rings is 1. The van der Waals surface area contributed by atoms with Crippen LogP contribution in [0, 0.1) is 11.8 Å². The second kappa shape index (κ2) is 12.0. The molecule has 1 aliphatic heterocycles. The Morgan fingerprint density at radius 2 is 2.00 bits per heavy atom. The van der Waals surface area contributed by atoms with Gasteiger partial charge >= 0.3 is 0 Å². The van der Waals surface area contributed by atoms with E-state index in [1.807, 2.05) is 25.2 Å². The molecule has 1 fully saturated rings. The maximum atomic E-state index is 5.83. The van der Waals surface area contributed by atoms with Gasteiger partial charge in [0.15, 0.2) is 5.96 Å². The Bertz CT molecular complexity index is 547. The third-order valence-corrected chi connectivity index (χ3v) is 5.19. The van der Waals surface area contributed by atoms with E-state index in [4.69, 9.17) is 4.74 Å². The van der Waals surface area contributed by atoms with Crippen molar-refractivity contribution in [2.24, 2.45) is 16.8 Å². The summed E-state index contributed by atoms with van der Waals surface area (Å²) in [6, 6.07) is 11.0. The van der Waals surface area contributed by atoms with Crippen LogP contribution in [0.4, 0.5) is 0 Å². The topological polar surface area (TPSA) is 48.9 Å². The van der Waals surface area contributed by atoms with Gasteiger partial charge in [-0.15, -0.1) is 0 Å². The SMILES string of the molecule is CN=C(NCC(C)COCc1ccccc1)NCC1CCCN(C(C)C)C1. The molecule has 1 saturated heterocycles. The molecule has 0 saturated carbocycles. The summed E-state index contributed by atoms with van der Waals surface area (Å²) in [5.74, 6) is 2.02. The van der Waals surface area contributed by atoms with Gasteiger partial charge in [0.2, 0.25) is 0 Å². The minimum Gasteiger partial charge on any atom is -0.376 e. The minimum atomic E-state index is 0.429. The summed E-state index contributed by atoms with van der Waals surface area (Å²) in [5, 5.41) is 6.94. The highest BCUT2D eigenvalue weighted by Crippen LogP contribution is 2.17. The molecule has 0 aliphatic carbocycles. The lowest BCUT2D eigenvalue weighted by Gasteiger charge is -2.35. The predicted octanol–water partition coefficient (Wildman–Crippen LogP) is 3.12. The van der Waals surface area contributed by atoms with E-state index in [1.54, 1.807) is 0 Å². The van der Waals surface area contributed by atoms with Crippen LogP contribution in [0.3, 0.4) is 0 Å². The molecular weight excluding hydrogens is 336 g/mol. The average molecular weight is 375 g/mol. The lowest BCUT2D eigenvalue weighted by atomic mass is 9.97. The maximum Gasteiger partial charge on any atom is 0.190 e. The number of hydrogen-bond donors (Lipinski definition) is 2. The fraction of sp³-hybridized carbons (Fsp3) is 0.682. The van der Waals surface area contributed by atoms with Crippen molar-refractivity contribution in [3.63, 3.8) is 0 Å². The molecule has 2 rings (SSSR count). The van der Waals surface area contributed by atoms with Gasteiger partial charge in [0, 0.05) is 32.7 Å². The van der Waals surface area contributed by atoms with Gasteiger partial charge in [-0.25, -0.2) is 0 Å². The molecule has 5 nitrogen and oxygen atoms in total. The third-order valence-electron chi connectivity index (χ3n) is 5.19. The molecule has 152 valence electrons. The van der Waals surface area contributed by atoms with E-state index in [0.717, 1.165) is 25.7 Å². The van der Waals surface area contributed by atoms with Crippen LogP contribution in [0.1, 0.15) is 39.2 Å². The Morgan fingerprint density at radius 3 is 2.70 bits per heavy atom. The first-order valence-corrected chi connectivity index (χ1v) is 10.4. The van der Waals surface area contributed by atoms with Gasteiger partial charge in [0.05, 0.1) is 13.2 Å². The average Bonchev–Trinajstić information content (AvgIpc) is 2.69. The van der Waals surface area contributed by atoms with Crippen LogP contribution in [0.15, 0.2) is 35.3 Å². The van der Waals surface area contributed by atoms with Gasteiger partial charge < -0.3 is 20.3 Å². The number of piperidine rings is 1. The van der Waals surface area contributed by atoms with Crippen molar-refractivity contribution < 1.29 is 4.74 Å². The Labute approximate surface area is 165 Å². The summed E-state index contributed by atoms with van der Waals surface area (Å²) in [6.07, 6.45) is 2.60. The molecule has 2 atom stereocenters. The Kier molecular flexibility index (Phi) is 9.64. The fourth-order valence-corrected chi connectivity index (χ4v) is 3.48. The maximum absolute atomic E-state index is 5.83. The van der Waals surface area contributed by atoms with E-state index in [9.17, 15) is 0 Å². The summed E-state index contributed by atoms with van der Waals surface area (Å²) < 4.78 is 5.83. The summed E-state index contributed by atoms with van der Waals surface area (Å²) in [7, 11) is 1.84. The van der Waals surface area contributed by atoms with E-state index in [-0.39, 0.29) is 0 Å². The molecule has 1 aliphatic rings. The Hall–Kier alpha value is -1.59. The number of guanidine groups is 1. The molecule has 5 heteroatoms. The number of ether oxygens (including phenoxy) is 1. The minimum absolute atomic E-state index is 0.429. The quantitative estimate of drug-likeness (QED) is 0.515. The Balaban J connectivity index is 1.61. The molecule has 0 bridgehead atoms. The lowest BCUT2D eigenvalue weighted by molar-refractivity contribution is 0.0931. The number of nitrogens with zero attached hydrogens (tertiary/aromatic N) is 2. The first-order valence-electron chi connectivity index (χ1n) is 10.4. The highest BCUT2D eigenvalue weighted by molar-refractivity contribution is 5.79.